The van der Waals surface area contributed by atoms with Gasteiger partial charge < -0.3 is 11.1 Å². The standard InChI is InChI=1S/C17H13BrClFN6O/c18-10-3-6-13(12(20)7-10)24-15-14(21)16(23-8-22-15)25-26-17(27)9-1-4-11(19)5-2-9/h1-8H,21H2,(H,26,27)(H2,22,23,24,25). The van der Waals surface area contributed by atoms with Gasteiger partial charge in [-0.25, -0.2) is 14.4 Å². The molecule has 1 heterocycles. The highest BCUT2D eigenvalue weighted by atomic mass is 79.9. The van der Waals surface area contributed by atoms with Crippen LogP contribution < -0.4 is 21.9 Å². The summed E-state index contributed by atoms with van der Waals surface area (Å²) >= 11 is 8.99. The molecule has 2 aromatic carbocycles. The van der Waals surface area contributed by atoms with E-state index in [9.17, 15) is 9.18 Å². The fourth-order valence-corrected chi connectivity index (χ4v) is 2.56. The normalized spacial score (nSPS) is 10.3. The van der Waals surface area contributed by atoms with E-state index in [4.69, 9.17) is 17.3 Å². The van der Waals surface area contributed by atoms with Crippen molar-refractivity contribution in [1.82, 2.24) is 15.4 Å². The summed E-state index contributed by atoms with van der Waals surface area (Å²) in [4.78, 5) is 20.1. The Hall–Kier alpha value is -2.91. The SMILES string of the molecule is Nc1c(NNC(=O)c2ccc(Cl)cc2)ncnc1Nc1ccc(Br)cc1F. The van der Waals surface area contributed by atoms with E-state index in [1.807, 2.05) is 0 Å². The second kappa shape index (κ2) is 8.19. The molecule has 7 nitrogen and oxygen atoms in total. The maximum Gasteiger partial charge on any atom is 0.269 e. The topological polar surface area (TPSA) is 105 Å². The summed E-state index contributed by atoms with van der Waals surface area (Å²) in [6.45, 7) is 0. The van der Waals surface area contributed by atoms with Crippen molar-refractivity contribution in [3.8, 4) is 0 Å². The molecule has 0 saturated heterocycles. The molecular formula is C17H13BrClFN6O. The van der Waals surface area contributed by atoms with Gasteiger partial charge in [0.2, 0.25) is 0 Å². The van der Waals surface area contributed by atoms with E-state index in [2.05, 4.69) is 42.1 Å². The van der Waals surface area contributed by atoms with E-state index in [1.165, 1.54) is 18.5 Å². The van der Waals surface area contributed by atoms with Gasteiger partial charge in [0.15, 0.2) is 11.6 Å². The Kier molecular flexibility index (Phi) is 5.72. The van der Waals surface area contributed by atoms with E-state index < -0.39 is 11.7 Å². The lowest BCUT2D eigenvalue weighted by atomic mass is 10.2. The third-order valence-corrected chi connectivity index (χ3v) is 4.21. The van der Waals surface area contributed by atoms with E-state index in [1.54, 1.807) is 30.3 Å². The summed E-state index contributed by atoms with van der Waals surface area (Å²) in [5.74, 6) is -0.534. The van der Waals surface area contributed by atoms with Crippen molar-refractivity contribution in [3.63, 3.8) is 0 Å². The molecule has 5 N–H and O–H groups in total. The van der Waals surface area contributed by atoms with Crippen LogP contribution in [0.5, 0.6) is 0 Å². The molecule has 1 aromatic heterocycles. The zero-order chi connectivity index (χ0) is 19.4. The monoisotopic (exact) mass is 450 g/mol. The van der Waals surface area contributed by atoms with Crippen molar-refractivity contribution >= 4 is 56.4 Å². The molecule has 3 rings (SSSR count). The van der Waals surface area contributed by atoms with Crippen LogP contribution in [0.3, 0.4) is 0 Å². The Bertz CT molecular complexity index is 986. The number of benzene rings is 2. The number of carbonyl (C=O) groups excluding carboxylic acids is 1. The van der Waals surface area contributed by atoms with Crippen molar-refractivity contribution in [3.05, 3.63) is 69.7 Å². The maximum atomic E-state index is 14.0. The zero-order valence-electron chi connectivity index (χ0n) is 13.6. The molecule has 138 valence electrons. The summed E-state index contributed by atoms with van der Waals surface area (Å²) in [6.07, 6.45) is 1.23. The van der Waals surface area contributed by atoms with Crippen LogP contribution in [0.1, 0.15) is 10.4 Å². The predicted molar refractivity (Wildman–Crippen MR) is 106 cm³/mol. The molecule has 3 aromatic rings. The Balaban J connectivity index is 1.72. The lowest BCUT2D eigenvalue weighted by Gasteiger charge is -2.13. The number of amides is 1. The van der Waals surface area contributed by atoms with Gasteiger partial charge in [0.05, 0.1) is 5.69 Å². The van der Waals surface area contributed by atoms with Gasteiger partial charge in [-0.1, -0.05) is 27.5 Å². The number of nitrogen functional groups attached to an aromatic ring is 1. The Morgan fingerprint density at radius 2 is 1.81 bits per heavy atom. The number of nitrogens with zero attached hydrogens (tertiary/aromatic N) is 2. The first-order valence-electron chi connectivity index (χ1n) is 7.58. The Morgan fingerprint density at radius 3 is 2.52 bits per heavy atom. The van der Waals surface area contributed by atoms with Gasteiger partial charge in [0.25, 0.3) is 5.91 Å². The molecule has 0 unspecified atom stereocenters. The fourth-order valence-electron chi connectivity index (χ4n) is 2.10. The molecule has 10 heteroatoms. The Morgan fingerprint density at radius 1 is 1.11 bits per heavy atom. The quantitative estimate of drug-likeness (QED) is 0.435. The summed E-state index contributed by atoms with van der Waals surface area (Å²) < 4.78 is 14.6. The highest BCUT2D eigenvalue weighted by Crippen LogP contribution is 2.27. The first-order valence-corrected chi connectivity index (χ1v) is 8.75. The molecule has 0 fully saturated rings. The Labute approximate surface area is 167 Å². The predicted octanol–water partition coefficient (Wildman–Crippen LogP) is 4.11. The highest BCUT2D eigenvalue weighted by Gasteiger charge is 2.12. The van der Waals surface area contributed by atoms with E-state index in [0.717, 1.165) is 0 Å². The number of nitrogens with one attached hydrogen (secondary N) is 3. The molecule has 0 saturated carbocycles. The number of hydrogen-bond donors (Lipinski definition) is 4. The zero-order valence-corrected chi connectivity index (χ0v) is 16.0. The molecule has 0 aliphatic carbocycles. The molecule has 0 aliphatic heterocycles. The number of anilines is 4. The number of hydrazine groups is 1. The average Bonchev–Trinajstić information content (AvgIpc) is 2.65. The molecule has 0 aliphatic rings. The molecule has 1 amide bonds. The van der Waals surface area contributed by atoms with E-state index >= 15 is 0 Å². The highest BCUT2D eigenvalue weighted by molar-refractivity contribution is 9.10. The number of halogens is 3. The maximum absolute atomic E-state index is 14.0. The van der Waals surface area contributed by atoms with Gasteiger partial charge in [0, 0.05) is 15.1 Å². The number of aromatic nitrogens is 2. The van der Waals surface area contributed by atoms with Crippen LogP contribution in [0, 0.1) is 5.82 Å². The van der Waals surface area contributed by atoms with Gasteiger partial charge in [-0.15, -0.1) is 0 Å². The van der Waals surface area contributed by atoms with Crippen LogP contribution in [0.15, 0.2) is 53.3 Å². The average molecular weight is 452 g/mol. The van der Waals surface area contributed by atoms with Crippen molar-refractivity contribution < 1.29 is 9.18 Å². The van der Waals surface area contributed by atoms with Crippen molar-refractivity contribution in [2.45, 2.75) is 0 Å². The van der Waals surface area contributed by atoms with E-state index in [0.29, 0.717) is 15.1 Å². The van der Waals surface area contributed by atoms with Crippen LogP contribution in [0.2, 0.25) is 5.02 Å². The third kappa shape index (κ3) is 4.63. The molecule has 0 spiro atoms. The summed E-state index contributed by atoms with van der Waals surface area (Å²) in [5.41, 5.74) is 11.8. The lowest BCUT2D eigenvalue weighted by Crippen LogP contribution is -2.30. The van der Waals surface area contributed by atoms with Crippen molar-refractivity contribution in [2.24, 2.45) is 0 Å². The third-order valence-electron chi connectivity index (χ3n) is 3.47. The first-order chi connectivity index (χ1) is 12.9. The summed E-state index contributed by atoms with van der Waals surface area (Å²) in [6, 6.07) is 10.9. The minimum Gasteiger partial charge on any atom is -0.393 e. The smallest absolute Gasteiger partial charge is 0.269 e. The van der Waals surface area contributed by atoms with Gasteiger partial charge in [0.1, 0.15) is 17.8 Å². The minimum atomic E-state index is -0.479. The molecule has 27 heavy (non-hydrogen) atoms. The molecule has 0 radical (unpaired) electrons. The van der Waals surface area contributed by atoms with Gasteiger partial charge in [-0.2, -0.15) is 0 Å². The lowest BCUT2D eigenvalue weighted by molar-refractivity contribution is 0.0962. The largest absolute Gasteiger partial charge is 0.393 e. The van der Waals surface area contributed by atoms with Gasteiger partial charge in [-0.3, -0.25) is 15.6 Å². The van der Waals surface area contributed by atoms with Gasteiger partial charge >= 0.3 is 0 Å². The number of carbonyl (C=O) groups is 1. The summed E-state index contributed by atoms with van der Waals surface area (Å²) in [5, 5.41) is 3.32. The molecule has 0 atom stereocenters. The van der Waals surface area contributed by atoms with Crippen molar-refractivity contribution in [1.29, 1.82) is 0 Å². The first kappa shape index (κ1) is 18.9. The summed E-state index contributed by atoms with van der Waals surface area (Å²) in [7, 11) is 0. The number of nitrogens with two attached hydrogens (primary N) is 1. The van der Waals surface area contributed by atoms with Crippen LogP contribution >= 0.6 is 27.5 Å². The van der Waals surface area contributed by atoms with Crippen LogP contribution in [-0.4, -0.2) is 15.9 Å². The van der Waals surface area contributed by atoms with Crippen LogP contribution in [0.4, 0.5) is 27.4 Å². The van der Waals surface area contributed by atoms with Gasteiger partial charge in [-0.05, 0) is 42.5 Å². The minimum absolute atomic E-state index is 0.108. The molecule has 0 bridgehead atoms. The van der Waals surface area contributed by atoms with Crippen LogP contribution in [0.25, 0.3) is 0 Å². The van der Waals surface area contributed by atoms with Crippen LogP contribution in [-0.2, 0) is 0 Å². The van der Waals surface area contributed by atoms with Crippen molar-refractivity contribution in [2.75, 3.05) is 16.5 Å². The second-order valence-electron chi connectivity index (χ2n) is 5.32. The fraction of sp³-hybridized carbons (Fsp3) is 0. The number of rotatable bonds is 5. The van der Waals surface area contributed by atoms with E-state index in [-0.39, 0.29) is 23.0 Å². The molecular weight excluding hydrogens is 439 g/mol. The number of hydrogen-bond acceptors (Lipinski definition) is 6. The second-order valence-corrected chi connectivity index (χ2v) is 6.67.